The Morgan fingerprint density at radius 3 is 2.47 bits per heavy atom. The third-order valence-corrected chi connectivity index (χ3v) is 4.51. The van der Waals surface area contributed by atoms with Crippen LogP contribution in [0.1, 0.15) is 25.7 Å². The fourth-order valence-electron chi connectivity index (χ4n) is 1.59. The molecule has 108 valence electrons. The van der Waals surface area contributed by atoms with Crippen molar-refractivity contribution in [2.24, 2.45) is 5.73 Å². The Labute approximate surface area is 115 Å². The maximum atomic E-state index is 11.6. The van der Waals surface area contributed by atoms with Gasteiger partial charge in [0.15, 0.2) is 0 Å². The van der Waals surface area contributed by atoms with Crippen LogP contribution in [0.2, 0.25) is 0 Å². The van der Waals surface area contributed by atoms with Crippen molar-refractivity contribution in [3.63, 3.8) is 0 Å². The van der Waals surface area contributed by atoms with Crippen molar-refractivity contribution in [3.05, 3.63) is 0 Å². The number of carboxylic acids is 1. The monoisotopic (exact) mass is 289 g/mol. The van der Waals surface area contributed by atoms with Gasteiger partial charge in [0.25, 0.3) is 0 Å². The van der Waals surface area contributed by atoms with E-state index >= 15 is 0 Å². The van der Waals surface area contributed by atoms with Gasteiger partial charge in [0.2, 0.25) is 5.91 Å². The molecule has 0 saturated heterocycles. The molecule has 0 aliphatic heterocycles. The van der Waals surface area contributed by atoms with Gasteiger partial charge in [-0.15, -0.1) is 0 Å². The van der Waals surface area contributed by atoms with Crippen molar-refractivity contribution < 1.29 is 19.5 Å². The second-order valence-electron chi connectivity index (χ2n) is 4.61. The van der Waals surface area contributed by atoms with Crippen molar-refractivity contribution in [3.8, 4) is 0 Å². The minimum absolute atomic E-state index is 0.00818. The highest BCUT2D eigenvalue weighted by molar-refractivity contribution is 8.00. The van der Waals surface area contributed by atoms with Crippen LogP contribution in [0, 0.1) is 0 Å². The van der Waals surface area contributed by atoms with Gasteiger partial charge in [-0.1, -0.05) is 0 Å². The number of amides is 3. The summed E-state index contributed by atoms with van der Waals surface area (Å²) < 4.78 is 0.114. The number of carbonyl (C=O) groups excluding carboxylic acids is 2. The highest BCUT2D eigenvalue weighted by atomic mass is 32.2. The SMILES string of the molecule is CSC1(CNC(=O)NC(CCC(N)=O)C(=O)O)CC1. The van der Waals surface area contributed by atoms with Gasteiger partial charge >= 0.3 is 12.0 Å². The third-order valence-electron chi connectivity index (χ3n) is 3.09. The normalized spacial score (nSPS) is 17.3. The highest BCUT2D eigenvalue weighted by Gasteiger charge is 2.42. The van der Waals surface area contributed by atoms with E-state index in [-0.39, 0.29) is 17.6 Å². The van der Waals surface area contributed by atoms with Gasteiger partial charge in [0, 0.05) is 17.7 Å². The number of hydrogen-bond acceptors (Lipinski definition) is 4. The highest BCUT2D eigenvalue weighted by Crippen LogP contribution is 2.46. The Kier molecular flexibility index (Phi) is 5.46. The zero-order valence-electron chi connectivity index (χ0n) is 10.8. The van der Waals surface area contributed by atoms with Crippen molar-refractivity contribution in [1.29, 1.82) is 0 Å². The molecule has 19 heavy (non-hydrogen) atoms. The summed E-state index contributed by atoms with van der Waals surface area (Å²) in [5.74, 6) is -1.77. The second kappa shape index (κ2) is 6.65. The van der Waals surface area contributed by atoms with E-state index in [1.165, 1.54) is 0 Å². The van der Waals surface area contributed by atoms with Gasteiger partial charge in [0.1, 0.15) is 6.04 Å². The smallest absolute Gasteiger partial charge is 0.326 e. The molecule has 0 heterocycles. The lowest BCUT2D eigenvalue weighted by Gasteiger charge is -2.17. The van der Waals surface area contributed by atoms with E-state index in [1.54, 1.807) is 11.8 Å². The number of carboxylic acid groups (broad SMARTS) is 1. The minimum atomic E-state index is -1.18. The summed E-state index contributed by atoms with van der Waals surface area (Å²) in [6.07, 6.45) is 4.01. The molecule has 0 radical (unpaired) electrons. The van der Waals surface area contributed by atoms with Gasteiger partial charge in [-0.2, -0.15) is 11.8 Å². The summed E-state index contributed by atoms with van der Waals surface area (Å²) in [5, 5.41) is 13.9. The van der Waals surface area contributed by atoms with Crippen LogP contribution in [-0.4, -0.2) is 46.6 Å². The van der Waals surface area contributed by atoms with Crippen molar-refractivity contribution in [2.45, 2.75) is 36.5 Å². The number of carbonyl (C=O) groups is 3. The van der Waals surface area contributed by atoms with Crippen molar-refractivity contribution in [2.75, 3.05) is 12.8 Å². The fraction of sp³-hybridized carbons (Fsp3) is 0.727. The van der Waals surface area contributed by atoms with Crippen molar-refractivity contribution >= 4 is 29.7 Å². The number of hydrogen-bond donors (Lipinski definition) is 4. The summed E-state index contributed by atoms with van der Waals surface area (Å²) in [6.45, 7) is 0.516. The maximum Gasteiger partial charge on any atom is 0.326 e. The van der Waals surface area contributed by atoms with Gasteiger partial charge in [0.05, 0.1) is 0 Å². The molecule has 3 amide bonds. The number of nitrogens with one attached hydrogen (secondary N) is 2. The number of thioether (sulfide) groups is 1. The third kappa shape index (κ3) is 5.37. The molecule has 1 atom stereocenters. The first-order chi connectivity index (χ1) is 8.88. The van der Waals surface area contributed by atoms with Crippen LogP contribution < -0.4 is 16.4 Å². The van der Waals surface area contributed by atoms with Crippen LogP contribution in [0.3, 0.4) is 0 Å². The Hall–Kier alpha value is -1.44. The molecule has 1 saturated carbocycles. The minimum Gasteiger partial charge on any atom is -0.480 e. The number of primary amides is 1. The molecule has 0 aromatic heterocycles. The van der Waals surface area contributed by atoms with Gasteiger partial charge in [-0.3, -0.25) is 4.79 Å². The molecular formula is C11H19N3O4S. The first-order valence-electron chi connectivity index (χ1n) is 5.99. The molecule has 0 aromatic rings. The summed E-state index contributed by atoms with van der Waals surface area (Å²) in [7, 11) is 0. The Morgan fingerprint density at radius 1 is 1.42 bits per heavy atom. The lowest BCUT2D eigenvalue weighted by Crippen LogP contribution is -2.47. The quantitative estimate of drug-likeness (QED) is 0.497. The number of aliphatic carboxylic acids is 1. The molecule has 7 nitrogen and oxygen atoms in total. The van der Waals surface area contributed by atoms with E-state index in [2.05, 4.69) is 10.6 Å². The van der Waals surface area contributed by atoms with E-state index < -0.39 is 23.9 Å². The Morgan fingerprint density at radius 2 is 2.05 bits per heavy atom. The lowest BCUT2D eigenvalue weighted by atomic mass is 10.1. The number of urea groups is 1. The van der Waals surface area contributed by atoms with Gasteiger partial charge in [-0.25, -0.2) is 9.59 Å². The standard InChI is InChI=1S/C11H19N3O4S/c1-19-11(4-5-11)6-13-10(18)14-7(9(16)17)2-3-8(12)15/h7H,2-6H2,1H3,(H2,12,15)(H,16,17)(H2,13,14,18). The maximum absolute atomic E-state index is 11.6. The molecule has 0 bridgehead atoms. The zero-order valence-corrected chi connectivity index (χ0v) is 11.6. The molecule has 1 rings (SSSR count). The number of rotatable bonds is 8. The molecule has 1 aliphatic carbocycles. The van der Waals surface area contributed by atoms with Gasteiger partial charge in [-0.05, 0) is 25.5 Å². The Balaban J connectivity index is 2.34. The van der Waals surface area contributed by atoms with Crippen LogP contribution in [0.4, 0.5) is 4.79 Å². The first kappa shape index (κ1) is 15.6. The molecule has 0 aromatic carbocycles. The molecule has 1 aliphatic rings. The molecule has 5 N–H and O–H groups in total. The molecule has 0 spiro atoms. The van der Waals surface area contributed by atoms with E-state index in [1.807, 2.05) is 6.26 Å². The fourth-order valence-corrected chi connectivity index (χ4v) is 2.31. The predicted octanol–water partition coefficient (Wildman–Crippen LogP) is -0.100. The molecular weight excluding hydrogens is 270 g/mol. The van der Waals surface area contributed by atoms with Crippen LogP contribution in [-0.2, 0) is 9.59 Å². The van der Waals surface area contributed by atoms with Crippen LogP contribution in [0.5, 0.6) is 0 Å². The van der Waals surface area contributed by atoms with Gasteiger partial charge < -0.3 is 21.5 Å². The summed E-state index contributed by atoms with van der Waals surface area (Å²) >= 11 is 1.70. The van der Waals surface area contributed by atoms with Crippen LogP contribution in [0.25, 0.3) is 0 Å². The van der Waals surface area contributed by atoms with Crippen LogP contribution >= 0.6 is 11.8 Å². The topological polar surface area (TPSA) is 122 Å². The molecule has 1 fully saturated rings. The molecule has 1 unspecified atom stereocenters. The van der Waals surface area contributed by atoms with E-state index in [4.69, 9.17) is 10.8 Å². The summed E-state index contributed by atoms with van der Waals surface area (Å²) in [6, 6.07) is -1.63. The first-order valence-corrected chi connectivity index (χ1v) is 7.22. The van der Waals surface area contributed by atoms with E-state index in [9.17, 15) is 14.4 Å². The average Bonchev–Trinajstić information content (AvgIpc) is 3.12. The largest absolute Gasteiger partial charge is 0.480 e. The predicted molar refractivity (Wildman–Crippen MR) is 71.9 cm³/mol. The second-order valence-corrected chi connectivity index (χ2v) is 5.88. The molecule has 8 heteroatoms. The lowest BCUT2D eigenvalue weighted by molar-refractivity contribution is -0.139. The van der Waals surface area contributed by atoms with Crippen molar-refractivity contribution in [1.82, 2.24) is 10.6 Å². The zero-order chi connectivity index (χ0) is 14.5. The average molecular weight is 289 g/mol. The van der Waals surface area contributed by atoms with E-state index in [0.717, 1.165) is 12.8 Å². The summed E-state index contributed by atoms with van der Waals surface area (Å²) in [4.78, 5) is 33.1. The van der Waals surface area contributed by atoms with Crippen LogP contribution in [0.15, 0.2) is 0 Å². The summed E-state index contributed by atoms with van der Waals surface area (Å²) in [5.41, 5.74) is 4.95. The number of nitrogens with two attached hydrogens (primary N) is 1. The van der Waals surface area contributed by atoms with E-state index in [0.29, 0.717) is 6.54 Å². The Bertz CT molecular complexity index is 371.